The molecule has 0 saturated carbocycles. The van der Waals surface area contributed by atoms with E-state index in [0.29, 0.717) is 35.6 Å². The summed E-state index contributed by atoms with van der Waals surface area (Å²) < 4.78 is 16.9. The number of anilines is 1. The number of carbonyl (C=O) groups is 3. The van der Waals surface area contributed by atoms with Gasteiger partial charge in [0.2, 0.25) is 0 Å². The van der Waals surface area contributed by atoms with Crippen molar-refractivity contribution in [2.45, 2.75) is 52.2 Å². The number of aryl methyl sites for hydroxylation is 1. The number of ketones is 1. The molecule has 0 aliphatic carbocycles. The van der Waals surface area contributed by atoms with E-state index in [0.717, 1.165) is 35.5 Å². The lowest BCUT2D eigenvalue weighted by Gasteiger charge is -2.23. The molecule has 2 atom stereocenters. The van der Waals surface area contributed by atoms with Crippen LogP contribution in [0.25, 0.3) is 5.76 Å². The Balaban J connectivity index is 1.63. The predicted molar refractivity (Wildman–Crippen MR) is 159 cm³/mol. The Bertz CT molecular complexity index is 1590. The molecule has 42 heavy (non-hydrogen) atoms. The van der Waals surface area contributed by atoms with Gasteiger partial charge in [0.25, 0.3) is 5.78 Å². The number of unbranched alkanes of at least 4 members (excludes halogenated alkanes) is 1. The number of amides is 1. The molecule has 1 amide bonds. The number of hydrogen-bond acceptors (Lipinski definition) is 9. The van der Waals surface area contributed by atoms with E-state index < -0.39 is 23.7 Å². The van der Waals surface area contributed by atoms with Gasteiger partial charge in [0.1, 0.15) is 34.8 Å². The van der Waals surface area contributed by atoms with Crippen LogP contribution >= 0.6 is 11.3 Å². The van der Waals surface area contributed by atoms with Crippen LogP contribution in [-0.2, 0) is 20.7 Å². The number of fused-ring (bicyclic) bond motifs is 1. The van der Waals surface area contributed by atoms with Gasteiger partial charge in [-0.25, -0.2) is 9.78 Å². The van der Waals surface area contributed by atoms with Crippen molar-refractivity contribution in [1.29, 1.82) is 0 Å². The molecule has 0 unspecified atom stereocenters. The minimum absolute atomic E-state index is 0.000988. The SMILES string of the molecule is C=CCOC(=O)c1sc(N2C(=O)C(=O)/C(=C(/O)c3ccc4c(c3)C[C@@H](C)O4)[C@@H]2c2cccc(OCCCC)c2)nc1C. The zero-order valence-electron chi connectivity index (χ0n) is 23.7. The van der Waals surface area contributed by atoms with Crippen LogP contribution < -0.4 is 14.4 Å². The van der Waals surface area contributed by atoms with Crippen LogP contribution in [-0.4, -0.2) is 47.1 Å². The van der Waals surface area contributed by atoms with Crippen LogP contribution in [0.4, 0.5) is 5.13 Å². The van der Waals surface area contributed by atoms with Crippen molar-refractivity contribution in [2.75, 3.05) is 18.1 Å². The number of carbonyl (C=O) groups excluding carboxylic acids is 3. The normalized spacial score (nSPS) is 19.0. The lowest BCUT2D eigenvalue weighted by Crippen LogP contribution is -2.29. The first kappa shape index (κ1) is 29.1. The number of Topliss-reactive ketones (excluding diaryl/α,β-unsaturated/α-hetero) is 1. The molecular weight excluding hydrogens is 556 g/mol. The van der Waals surface area contributed by atoms with Crippen LogP contribution in [0, 0.1) is 6.92 Å². The smallest absolute Gasteiger partial charge is 0.350 e. The highest BCUT2D eigenvalue weighted by Gasteiger charge is 2.48. The topological polar surface area (TPSA) is 115 Å². The highest BCUT2D eigenvalue weighted by atomic mass is 32.1. The summed E-state index contributed by atoms with van der Waals surface area (Å²) in [4.78, 5) is 45.9. The molecule has 3 aromatic rings. The number of ether oxygens (including phenoxy) is 3. The molecule has 5 rings (SSSR count). The maximum Gasteiger partial charge on any atom is 0.350 e. The van der Waals surface area contributed by atoms with Gasteiger partial charge >= 0.3 is 11.9 Å². The molecular formula is C32H32N2O7S. The van der Waals surface area contributed by atoms with Gasteiger partial charge in [0, 0.05) is 12.0 Å². The molecule has 2 aromatic carbocycles. The van der Waals surface area contributed by atoms with Crippen molar-refractivity contribution >= 4 is 39.9 Å². The average molecular weight is 589 g/mol. The summed E-state index contributed by atoms with van der Waals surface area (Å²) in [6.07, 6.45) is 3.94. The average Bonchev–Trinajstić information content (AvgIpc) is 3.63. The Morgan fingerprint density at radius 1 is 1.26 bits per heavy atom. The molecule has 1 aromatic heterocycles. The largest absolute Gasteiger partial charge is 0.507 e. The van der Waals surface area contributed by atoms with Gasteiger partial charge in [0.05, 0.1) is 23.9 Å². The monoisotopic (exact) mass is 588 g/mol. The van der Waals surface area contributed by atoms with E-state index in [4.69, 9.17) is 14.2 Å². The van der Waals surface area contributed by atoms with E-state index in [2.05, 4.69) is 18.5 Å². The molecule has 2 aliphatic rings. The minimum atomic E-state index is -1.02. The second-order valence-corrected chi connectivity index (χ2v) is 11.2. The van der Waals surface area contributed by atoms with E-state index >= 15 is 0 Å². The summed E-state index contributed by atoms with van der Waals surface area (Å²) in [5.41, 5.74) is 2.12. The molecule has 1 fully saturated rings. The second kappa shape index (κ2) is 12.2. The summed E-state index contributed by atoms with van der Waals surface area (Å²) in [6.45, 7) is 9.74. The summed E-state index contributed by atoms with van der Waals surface area (Å²) >= 11 is 0.948. The molecule has 3 heterocycles. The summed E-state index contributed by atoms with van der Waals surface area (Å²) in [5, 5.41) is 11.7. The fourth-order valence-electron chi connectivity index (χ4n) is 5.05. The molecule has 9 nitrogen and oxygen atoms in total. The van der Waals surface area contributed by atoms with Gasteiger partial charge in [0.15, 0.2) is 5.13 Å². The fourth-order valence-corrected chi connectivity index (χ4v) is 6.04. The third kappa shape index (κ3) is 5.54. The minimum Gasteiger partial charge on any atom is -0.507 e. The third-order valence-corrected chi connectivity index (χ3v) is 8.20. The number of hydrogen-bond donors (Lipinski definition) is 1. The molecule has 10 heteroatoms. The highest BCUT2D eigenvalue weighted by molar-refractivity contribution is 7.17. The van der Waals surface area contributed by atoms with E-state index in [9.17, 15) is 19.5 Å². The van der Waals surface area contributed by atoms with Crippen LogP contribution in [0.3, 0.4) is 0 Å². The zero-order valence-corrected chi connectivity index (χ0v) is 24.5. The van der Waals surface area contributed by atoms with Crippen LogP contribution in [0.5, 0.6) is 11.5 Å². The van der Waals surface area contributed by atoms with E-state index in [1.807, 2.05) is 6.92 Å². The first-order valence-corrected chi connectivity index (χ1v) is 14.6. The van der Waals surface area contributed by atoms with Crippen LogP contribution in [0.2, 0.25) is 0 Å². The van der Waals surface area contributed by atoms with Gasteiger partial charge in [-0.2, -0.15) is 0 Å². The van der Waals surface area contributed by atoms with Gasteiger partial charge in [-0.3, -0.25) is 14.5 Å². The molecule has 0 spiro atoms. The lowest BCUT2D eigenvalue weighted by atomic mass is 9.94. The van der Waals surface area contributed by atoms with Crippen LogP contribution in [0.1, 0.15) is 64.8 Å². The number of benzene rings is 2. The number of aliphatic hydroxyl groups excluding tert-OH is 1. The number of aliphatic hydroxyl groups is 1. The number of esters is 1. The second-order valence-electron chi connectivity index (χ2n) is 10.2. The standard InChI is InChI=1S/C32H32N2O7S/c1-5-7-14-39-23-10-8-9-20(17-23)26-25(27(35)21-11-12-24-22(16-21)15-18(3)41-24)28(36)30(37)34(26)32-33-19(4)29(42-32)31(38)40-13-6-2/h6,8-12,16-18,26,35H,2,5,7,13-15H2,1,3-4H3/b27-25+/t18-,26+/m1/s1. The van der Waals surface area contributed by atoms with Crippen molar-refractivity contribution in [1.82, 2.24) is 4.98 Å². The van der Waals surface area contributed by atoms with Crippen molar-refractivity contribution < 1.29 is 33.7 Å². The Morgan fingerprint density at radius 2 is 2.07 bits per heavy atom. The first-order chi connectivity index (χ1) is 20.2. The number of nitrogens with zero attached hydrogens (tertiary/aromatic N) is 2. The molecule has 0 bridgehead atoms. The van der Waals surface area contributed by atoms with Crippen molar-refractivity contribution in [3.63, 3.8) is 0 Å². The van der Waals surface area contributed by atoms with E-state index in [1.165, 1.54) is 11.0 Å². The Morgan fingerprint density at radius 3 is 2.83 bits per heavy atom. The first-order valence-electron chi connectivity index (χ1n) is 13.8. The van der Waals surface area contributed by atoms with E-state index in [1.54, 1.807) is 49.4 Å². The molecule has 218 valence electrons. The van der Waals surface area contributed by atoms with Crippen LogP contribution in [0.15, 0.2) is 60.7 Å². The molecule has 1 saturated heterocycles. The maximum absolute atomic E-state index is 13.6. The van der Waals surface area contributed by atoms with Crippen molar-refractivity contribution in [2.24, 2.45) is 0 Å². The Hall–Kier alpha value is -4.44. The van der Waals surface area contributed by atoms with E-state index in [-0.39, 0.29) is 34.1 Å². The quantitative estimate of drug-likeness (QED) is 0.0775. The van der Waals surface area contributed by atoms with Gasteiger partial charge in [-0.1, -0.05) is 49.5 Å². The third-order valence-electron chi connectivity index (χ3n) is 7.06. The molecule has 0 radical (unpaired) electrons. The Labute approximate surface area is 248 Å². The zero-order chi connectivity index (χ0) is 30.0. The molecule has 1 N–H and O–H groups in total. The Kier molecular flexibility index (Phi) is 8.44. The number of aromatic nitrogens is 1. The van der Waals surface area contributed by atoms with Crippen molar-refractivity contribution in [3.8, 4) is 11.5 Å². The van der Waals surface area contributed by atoms with Crippen molar-refractivity contribution in [3.05, 3.63) is 88.0 Å². The summed E-state index contributed by atoms with van der Waals surface area (Å²) in [6, 6.07) is 11.3. The van der Waals surface area contributed by atoms with Gasteiger partial charge in [-0.15, -0.1) is 0 Å². The summed E-state index contributed by atoms with van der Waals surface area (Å²) in [7, 11) is 0. The number of thiazole rings is 1. The van der Waals surface area contributed by atoms with Gasteiger partial charge in [-0.05, 0) is 61.7 Å². The maximum atomic E-state index is 13.6. The predicted octanol–water partition coefficient (Wildman–Crippen LogP) is 5.92. The summed E-state index contributed by atoms with van der Waals surface area (Å²) in [5.74, 6) is -1.34. The molecule has 2 aliphatic heterocycles. The highest BCUT2D eigenvalue weighted by Crippen LogP contribution is 2.45. The fraction of sp³-hybridized carbons (Fsp3) is 0.312. The lowest BCUT2D eigenvalue weighted by molar-refractivity contribution is -0.132. The number of rotatable bonds is 10. The van der Waals surface area contributed by atoms with Gasteiger partial charge < -0.3 is 19.3 Å².